The fourth-order valence-corrected chi connectivity index (χ4v) is 8.37. The molecule has 12 heterocycles. The maximum absolute atomic E-state index is 8.61. The summed E-state index contributed by atoms with van der Waals surface area (Å²) in [5, 5.41) is 92.6. The first-order valence-electron chi connectivity index (χ1n) is 31.4. The van der Waals surface area contributed by atoms with Gasteiger partial charge in [-0.05, 0) is 95.8 Å². The molecule has 0 spiro atoms. The van der Waals surface area contributed by atoms with Crippen LogP contribution in [0.5, 0.6) is 0 Å². The predicted octanol–water partition coefficient (Wildman–Crippen LogP) is 1.84. The van der Waals surface area contributed by atoms with Crippen LogP contribution in [0, 0.1) is 29.6 Å². The number of rotatable bonds is 12. The lowest BCUT2D eigenvalue weighted by Crippen LogP contribution is -2.30. The SMILES string of the molecule is C.C.CCC1CCOCC1.OCC1CCCCO1.OCC1CCCOC1.OCC1CCO1.OCC1COC1.OCC1OCCO1.OC[C@@H]1CCCO1.OC[C@@H]1CCOC1.OC[C@@H]1COCO1.OC[C@H]1CCCO1.OC[C@H]1CCOC1.OC[C@H]1COCO1. The van der Waals surface area contributed by atoms with Gasteiger partial charge in [0.25, 0.3) is 0 Å². The highest BCUT2D eigenvalue weighted by molar-refractivity contribution is 4.66. The molecule has 26 nitrogen and oxygen atoms in total. The highest BCUT2D eigenvalue weighted by atomic mass is 16.7. The van der Waals surface area contributed by atoms with Crippen molar-refractivity contribution in [3.05, 3.63) is 0 Å². The molecular formula is C61H126O26. The summed E-state index contributed by atoms with van der Waals surface area (Å²) in [5.41, 5.74) is 0. The minimum absolute atomic E-state index is 0. The summed E-state index contributed by atoms with van der Waals surface area (Å²) in [6, 6.07) is 0. The summed E-state index contributed by atoms with van der Waals surface area (Å²) in [7, 11) is 0. The van der Waals surface area contributed by atoms with Crippen molar-refractivity contribution in [1.29, 1.82) is 0 Å². The van der Waals surface area contributed by atoms with E-state index >= 15 is 0 Å². The van der Waals surface area contributed by atoms with Crippen molar-refractivity contribution >= 4 is 0 Å². The zero-order chi connectivity index (χ0) is 62.1. The fourth-order valence-electron chi connectivity index (χ4n) is 8.37. The van der Waals surface area contributed by atoms with Gasteiger partial charge in [-0.1, -0.05) is 28.2 Å². The van der Waals surface area contributed by atoms with Gasteiger partial charge in [-0.2, -0.15) is 0 Å². The van der Waals surface area contributed by atoms with E-state index in [9.17, 15) is 0 Å². The quantitative estimate of drug-likeness (QED) is 0.133. The Morgan fingerprint density at radius 2 is 0.598 bits per heavy atom. The zero-order valence-electron chi connectivity index (χ0n) is 51.5. The zero-order valence-corrected chi connectivity index (χ0v) is 51.5. The van der Waals surface area contributed by atoms with Crippen molar-refractivity contribution in [2.75, 3.05) is 205 Å². The Kier molecular flexibility index (Phi) is 65.8. The van der Waals surface area contributed by atoms with Crippen LogP contribution in [0.1, 0.15) is 118 Å². The van der Waals surface area contributed by atoms with Crippen molar-refractivity contribution < 1.29 is 127 Å². The van der Waals surface area contributed by atoms with Crippen LogP contribution in [-0.2, 0) is 71.1 Å². The van der Waals surface area contributed by atoms with Crippen LogP contribution < -0.4 is 0 Å². The standard InChI is InChI=1S/C7H14O.2C6H12O2.4C5H10O2.3C4H8O3.2C4H8O2.2CH4/c1-2-7-3-5-8-6-4-7;7-4-6-2-1-3-8-5-6;7-5-6-3-1-2-4-8-6;2*6-3-5-1-2-7-4-5;2*6-4-5-2-1-3-7-5;2*5-1-4-2-6-3-7-4;5-3-4-6-1-2-7-4;5-1-4-2-6-3-4;5-3-4-1-2-6-4;;/h7H,2-6H2,1H3;2*6-7H,1-5H2;4*5-6H,1-4H2;3*4-5H,1-3H2;2*4-5H,1-3H2;2*1H4/t;;;4*5-;2*4-;;;;;/m...101010...../s1. The number of aliphatic hydroxyl groups excluding tert-OH is 11. The maximum Gasteiger partial charge on any atom is 0.180 e. The molecule has 12 saturated heterocycles. The number of aliphatic hydroxyl groups is 11. The molecule has 0 aliphatic carbocycles. The van der Waals surface area contributed by atoms with Crippen LogP contribution in [0.15, 0.2) is 0 Å². The van der Waals surface area contributed by atoms with Gasteiger partial charge in [-0.25, -0.2) is 0 Å². The molecule has 0 aromatic heterocycles. The Morgan fingerprint density at radius 1 is 0.241 bits per heavy atom. The van der Waals surface area contributed by atoms with Crippen molar-refractivity contribution in [2.45, 2.75) is 161 Å². The minimum Gasteiger partial charge on any atom is -0.396 e. The van der Waals surface area contributed by atoms with Crippen LogP contribution in [0.3, 0.4) is 0 Å². The molecule has 11 N–H and O–H groups in total. The Balaban J connectivity index is 0. The smallest absolute Gasteiger partial charge is 0.180 e. The minimum atomic E-state index is -0.347. The van der Waals surface area contributed by atoms with Gasteiger partial charge in [0, 0.05) is 103 Å². The molecule has 9 atom stereocenters. The molecule has 12 fully saturated rings. The van der Waals surface area contributed by atoms with Crippen molar-refractivity contribution in [3.8, 4) is 0 Å². The molecule has 0 amide bonds. The molecule has 0 radical (unpaired) electrons. The third kappa shape index (κ3) is 50.2. The van der Waals surface area contributed by atoms with Gasteiger partial charge in [0.15, 0.2) is 6.29 Å². The van der Waals surface area contributed by atoms with E-state index in [2.05, 4.69) is 6.92 Å². The largest absolute Gasteiger partial charge is 0.396 e. The highest BCUT2D eigenvalue weighted by Crippen LogP contribution is 2.18. The third-order valence-corrected chi connectivity index (χ3v) is 14.5. The highest BCUT2D eigenvalue weighted by Gasteiger charge is 2.19. The summed E-state index contributed by atoms with van der Waals surface area (Å²) >= 11 is 0. The second kappa shape index (κ2) is 65.0. The molecule has 526 valence electrons. The van der Waals surface area contributed by atoms with Crippen LogP contribution in [0.4, 0.5) is 0 Å². The Hall–Kier alpha value is -1.04. The molecule has 87 heavy (non-hydrogen) atoms. The summed E-state index contributed by atoms with van der Waals surface area (Å²) in [6.07, 6.45) is 17.1. The first kappa shape index (κ1) is 88.0. The molecule has 26 heteroatoms. The first-order valence-corrected chi connectivity index (χ1v) is 31.4. The Bertz CT molecular complexity index is 1070. The number of ether oxygens (including phenoxy) is 15. The van der Waals surface area contributed by atoms with Crippen molar-refractivity contribution in [2.24, 2.45) is 29.6 Å². The molecule has 3 unspecified atom stereocenters. The van der Waals surface area contributed by atoms with Gasteiger partial charge in [0.05, 0.1) is 137 Å². The lowest BCUT2D eigenvalue weighted by Gasteiger charge is -2.23. The van der Waals surface area contributed by atoms with Gasteiger partial charge >= 0.3 is 0 Å². The van der Waals surface area contributed by atoms with Crippen LogP contribution in [0.2, 0.25) is 0 Å². The van der Waals surface area contributed by atoms with E-state index in [1.165, 1.54) is 25.7 Å². The monoisotopic (exact) mass is 1270 g/mol. The van der Waals surface area contributed by atoms with E-state index < -0.39 is 0 Å². The average molecular weight is 1280 g/mol. The number of hydrogen-bond acceptors (Lipinski definition) is 26. The number of hydrogen-bond donors (Lipinski definition) is 11. The molecule has 12 rings (SSSR count). The second-order valence-electron chi connectivity index (χ2n) is 21.7. The molecule has 12 aliphatic rings. The van der Waals surface area contributed by atoms with Crippen LogP contribution in [-0.4, -0.2) is 304 Å². The predicted molar refractivity (Wildman–Crippen MR) is 324 cm³/mol. The van der Waals surface area contributed by atoms with E-state index in [-0.39, 0.29) is 104 Å². The summed E-state index contributed by atoms with van der Waals surface area (Å²) in [5.74, 6) is 2.69. The molecule has 0 aromatic carbocycles. The van der Waals surface area contributed by atoms with E-state index in [0.717, 1.165) is 169 Å². The van der Waals surface area contributed by atoms with Crippen molar-refractivity contribution in [3.63, 3.8) is 0 Å². The van der Waals surface area contributed by atoms with Gasteiger partial charge < -0.3 is 127 Å². The third-order valence-electron chi connectivity index (χ3n) is 14.5. The molecule has 0 bridgehead atoms. The van der Waals surface area contributed by atoms with E-state index in [0.29, 0.717) is 90.1 Å². The van der Waals surface area contributed by atoms with E-state index in [1.54, 1.807) is 0 Å². The average Bonchev–Trinajstić information content (AvgIpc) is 4.42. The molecule has 0 saturated carbocycles. The second-order valence-corrected chi connectivity index (χ2v) is 21.7. The Morgan fingerprint density at radius 3 is 0.793 bits per heavy atom. The molecular weight excluding hydrogens is 1150 g/mol. The maximum atomic E-state index is 8.61. The summed E-state index contributed by atoms with van der Waals surface area (Å²) in [6.45, 7) is 19.0. The van der Waals surface area contributed by atoms with Gasteiger partial charge in [-0.15, -0.1) is 0 Å². The van der Waals surface area contributed by atoms with Crippen molar-refractivity contribution in [1.82, 2.24) is 0 Å². The summed E-state index contributed by atoms with van der Waals surface area (Å²) < 4.78 is 74.0. The molecule has 0 aromatic rings. The van der Waals surface area contributed by atoms with Gasteiger partial charge in [0.1, 0.15) is 25.8 Å². The van der Waals surface area contributed by atoms with Gasteiger partial charge in [0.2, 0.25) is 0 Å². The topological polar surface area (TPSA) is 361 Å². The first-order chi connectivity index (χ1) is 41.7. The molecule has 12 aliphatic heterocycles. The Labute approximate surface area is 521 Å². The van der Waals surface area contributed by atoms with E-state index in [1.807, 2.05) is 0 Å². The lowest BCUT2D eigenvalue weighted by molar-refractivity contribution is -0.0773. The fraction of sp³-hybridized carbons (Fsp3) is 1.00. The van der Waals surface area contributed by atoms with Crippen LogP contribution >= 0.6 is 0 Å². The summed E-state index contributed by atoms with van der Waals surface area (Å²) in [4.78, 5) is 0. The van der Waals surface area contributed by atoms with Crippen LogP contribution in [0.25, 0.3) is 0 Å². The lowest BCUT2D eigenvalue weighted by atomic mass is 9.98. The van der Waals surface area contributed by atoms with Gasteiger partial charge in [-0.3, -0.25) is 0 Å². The van der Waals surface area contributed by atoms with E-state index in [4.69, 9.17) is 127 Å². The normalized spacial score (nSPS) is 28.6.